The minimum atomic E-state index is -3.91. The first-order chi connectivity index (χ1) is 17.1. The first kappa shape index (κ1) is 27.1. The Morgan fingerprint density at radius 2 is 1.75 bits per heavy atom. The highest BCUT2D eigenvalue weighted by Gasteiger charge is 2.28. The monoisotopic (exact) mass is 508 g/mol. The molecular weight excluding hydrogens is 476 g/mol. The number of carboxylic acid groups (broad SMARTS) is 1. The summed E-state index contributed by atoms with van der Waals surface area (Å²) in [5.41, 5.74) is 8.67. The zero-order chi connectivity index (χ0) is 26.2. The maximum atomic E-state index is 13.4. The molecule has 0 amide bonds. The molecule has 0 radical (unpaired) electrons. The SMILES string of the molecule is CC(C)(C)NN(Nc1cccc(/C(=C\CCCC(=O)O)c2cccnc2)c1)S(=O)(=O)c1ccccc1. The Balaban J connectivity index is 1.96. The highest BCUT2D eigenvalue weighted by molar-refractivity contribution is 7.89. The van der Waals surface area contributed by atoms with Crippen molar-refractivity contribution in [3.8, 4) is 0 Å². The van der Waals surface area contributed by atoms with Gasteiger partial charge in [-0.15, -0.1) is 0 Å². The normalized spacial score (nSPS) is 12.5. The van der Waals surface area contributed by atoms with Crippen LogP contribution in [0.4, 0.5) is 5.69 Å². The van der Waals surface area contributed by atoms with Gasteiger partial charge in [-0.2, -0.15) is 0 Å². The molecule has 0 unspecified atom stereocenters. The predicted octanol–water partition coefficient (Wildman–Crippen LogP) is 5.09. The van der Waals surface area contributed by atoms with E-state index in [0.717, 1.165) is 21.2 Å². The smallest absolute Gasteiger partial charge is 0.303 e. The lowest BCUT2D eigenvalue weighted by atomic mass is 9.97. The lowest BCUT2D eigenvalue weighted by Crippen LogP contribution is -2.54. The van der Waals surface area contributed by atoms with Gasteiger partial charge < -0.3 is 5.11 Å². The van der Waals surface area contributed by atoms with Crippen LogP contribution < -0.4 is 10.9 Å². The predicted molar refractivity (Wildman–Crippen MR) is 141 cm³/mol. The van der Waals surface area contributed by atoms with Crippen molar-refractivity contribution in [2.75, 3.05) is 5.43 Å². The van der Waals surface area contributed by atoms with E-state index < -0.39 is 21.5 Å². The van der Waals surface area contributed by atoms with Crippen LogP contribution in [0.5, 0.6) is 0 Å². The number of anilines is 1. The second-order valence-corrected chi connectivity index (χ2v) is 11.1. The van der Waals surface area contributed by atoms with E-state index in [1.165, 1.54) is 0 Å². The van der Waals surface area contributed by atoms with E-state index in [0.29, 0.717) is 18.5 Å². The van der Waals surface area contributed by atoms with Crippen LogP contribution in [0.1, 0.15) is 51.2 Å². The number of aromatic nitrogens is 1. The minimum absolute atomic E-state index is 0.0865. The zero-order valence-electron chi connectivity index (χ0n) is 20.7. The molecule has 0 spiro atoms. The molecule has 8 nitrogen and oxygen atoms in total. The van der Waals surface area contributed by atoms with Gasteiger partial charge in [-0.25, -0.2) is 13.8 Å². The van der Waals surface area contributed by atoms with E-state index in [4.69, 9.17) is 5.11 Å². The van der Waals surface area contributed by atoms with Crippen molar-refractivity contribution in [3.63, 3.8) is 0 Å². The highest BCUT2D eigenvalue weighted by atomic mass is 32.2. The Kier molecular flexibility index (Phi) is 8.98. The fraction of sp³-hybridized carbons (Fsp3) is 0.259. The van der Waals surface area contributed by atoms with Gasteiger partial charge in [0.2, 0.25) is 0 Å². The summed E-state index contributed by atoms with van der Waals surface area (Å²) in [6.07, 6.45) is 6.60. The van der Waals surface area contributed by atoms with Gasteiger partial charge in [0.25, 0.3) is 10.0 Å². The van der Waals surface area contributed by atoms with Gasteiger partial charge in [0, 0.05) is 29.9 Å². The Morgan fingerprint density at radius 3 is 2.39 bits per heavy atom. The minimum Gasteiger partial charge on any atom is -0.481 e. The summed E-state index contributed by atoms with van der Waals surface area (Å²) in [5.74, 6) is -0.830. The van der Waals surface area contributed by atoms with E-state index in [9.17, 15) is 13.2 Å². The van der Waals surface area contributed by atoms with Crippen LogP contribution in [0.3, 0.4) is 0 Å². The van der Waals surface area contributed by atoms with Crippen LogP contribution in [-0.2, 0) is 14.8 Å². The van der Waals surface area contributed by atoms with Crippen molar-refractivity contribution in [1.82, 2.24) is 14.9 Å². The quantitative estimate of drug-likeness (QED) is 0.244. The molecule has 3 aromatic rings. The zero-order valence-corrected chi connectivity index (χ0v) is 21.5. The average Bonchev–Trinajstić information content (AvgIpc) is 2.84. The standard InChI is InChI=1S/C27H32N4O4S/c1-27(2,3)30-31(36(34,35)24-14-5-4-6-15-24)29-23-13-9-11-21(19-23)25(16-7-8-17-26(32)33)22-12-10-18-28-20-22/h4-6,9-16,18-20,29-30H,7-8,17H2,1-3H3,(H,32,33)/b25-16+. The number of carboxylic acids is 1. The fourth-order valence-corrected chi connectivity index (χ4v) is 4.78. The number of benzene rings is 2. The maximum Gasteiger partial charge on any atom is 0.303 e. The molecule has 0 aliphatic rings. The highest BCUT2D eigenvalue weighted by Crippen LogP contribution is 2.27. The Morgan fingerprint density at radius 1 is 1.03 bits per heavy atom. The van der Waals surface area contributed by atoms with Crippen molar-refractivity contribution < 1.29 is 18.3 Å². The molecule has 190 valence electrons. The molecule has 36 heavy (non-hydrogen) atoms. The summed E-state index contributed by atoms with van der Waals surface area (Å²) in [5, 5.41) is 8.96. The molecule has 2 aromatic carbocycles. The molecule has 0 saturated heterocycles. The molecule has 0 atom stereocenters. The van der Waals surface area contributed by atoms with Gasteiger partial charge >= 0.3 is 5.97 Å². The fourth-order valence-electron chi connectivity index (χ4n) is 3.45. The molecule has 1 heterocycles. The Labute approximate surface area is 212 Å². The third kappa shape index (κ3) is 7.74. The largest absolute Gasteiger partial charge is 0.481 e. The number of sulfonamides is 1. The van der Waals surface area contributed by atoms with Crippen LogP contribution in [0.25, 0.3) is 5.57 Å². The molecule has 1 aromatic heterocycles. The van der Waals surface area contributed by atoms with Crippen LogP contribution in [-0.4, -0.2) is 34.5 Å². The van der Waals surface area contributed by atoms with Crippen molar-refractivity contribution in [2.24, 2.45) is 0 Å². The van der Waals surface area contributed by atoms with Gasteiger partial charge in [0.05, 0.1) is 10.6 Å². The van der Waals surface area contributed by atoms with Crippen molar-refractivity contribution >= 4 is 27.3 Å². The van der Waals surface area contributed by atoms with Crippen LogP contribution in [0.2, 0.25) is 0 Å². The van der Waals surface area contributed by atoms with E-state index in [-0.39, 0.29) is 11.3 Å². The average molecular weight is 509 g/mol. The van der Waals surface area contributed by atoms with Gasteiger partial charge in [0.15, 0.2) is 0 Å². The van der Waals surface area contributed by atoms with Crippen molar-refractivity contribution in [1.29, 1.82) is 0 Å². The molecular formula is C27H32N4O4S. The summed E-state index contributed by atoms with van der Waals surface area (Å²) in [4.78, 5) is 15.3. The number of hydrazine groups is 2. The maximum absolute atomic E-state index is 13.4. The van der Waals surface area contributed by atoms with Crippen LogP contribution in [0, 0.1) is 0 Å². The molecule has 0 fully saturated rings. The molecule has 3 N–H and O–H groups in total. The number of carbonyl (C=O) groups is 1. The van der Waals surface area contributed by atoms with Crippen molar-refractivity contribution in [3.05, 3.63) is 96.3 Å². The van der Waals surface area contributed by atoms with E-state index >= 15 is 0 Å². The number of pyridine rings is 1. The van der Waals surface area contributed by atoms with Gasteiger partial charge in [-0.3, -0.25) is 15.2 Å². The van der Waals surface area contributed by atoms with E-state index in [1.807, 2.05) is 57.2 Å². The second-order valence-electron chi connectivity index (χ2n) is 9.28. The van der Waals surface area contributed by atoms with Crippen LogP contribution in [0.15, 0.2) is 90.1 Å². The number of aliphatic carboxylic acids is 1. The summed E-state index contributed by atoms with van der Waals surface area (Å²) < 4.78 is 27.9. The first-order valence-electron chi connectivity index (χ1n) is 11.6. The molecule has 9 heteroatoms. The molecule has 0 aliphatic heterocycles. The number of nitrogens with zero attached hydrogens (tertiary/aromatic N) is 2. The number of unbranched alkanes of at least 4 members (excludes halogenated alkanes) is 1. The summed E-state index contributed by atoms with van der Waals surface area (Å²) in [6.45, 7) is 5.62. The Hall–Kier alpha value is -3.53. The van der Waals surface area contributed by atoms with Gasteiger partial charge in [-0.1, -0.05) is 42.5 Å². The van der Waals surface area contributed by atoms with Crippen molar-refractivity contribution in [2.45, 2.75) is 50.5 Å². The third-order valence-electron chi connectivity index (χ3n) is 5.04. The number of hydrogen-bond donors (Lipinski definition) is 3. The first-order valence-corrected chi connectivity index (χ1v) is 13.1. The number of rotatable bonds is 11. The summed E-state index contributed by atoms with van der Waals surface area (Å²) in [6, 6.07) is 19.4. The molecule has 0 saturated carbocycles. The van der Waals surface area contributed by atoms with E-state index in [1.54, 1.807) is 48.8 Å². The van der Waals surface area contributed by atoms with Crippen LogP contribution >= 0.6 is 0 Å². The lowest BCUT2D eigenvalue weighted by molar-refractivity contribution is -0.137. The Bertz CT molecular complexity index is 1290. The molecule has 0 aliphatic carbocycles. The van der Waals surface area contributed by atoms with Gasteiger partial charge in [-0.05, 0) is 79.6 Å². The number of hydrogen-bond acceptors (Lipinski definition) is 6. The van der Waals surface area contributed by atoms with Gasteiger partial charge in [0.1, 0.15) is 0 Å². The third-order valence-corrected chi connectivity index (χ3v) is 6.57. The lowest BCUT2D eigenvalue weighted by Gasteiger charge is -2.31. The molecule has 0 bridgehead atoms. The molecule has 3 rings (SSSR count). The summed E-state index contributed by atoms with van der Waals surface area (Å²) >= 11 is 0. The number of allylic oxidation sites excluding steroid dienone is 1. The summed E-state index contributed by atoms with van der Waals surface area (Å²) in [7, 11) is -3.91. The van der Waals surface area contributed by atoms with E-state index in [2.05, 4.69) is 15.8 Å². The number of nitrogens with one attached hydrogen (secondary N) is 2. The topological polar surface area (TPSA) is 112 Å². The second kappa shape index (κ2) is 11.9.